The molecule has 2 heterocycles. The predicted molar refractivity (Wildman–Crippen MR) is 95.7 cm³/mol. The number of para-hydroxylation sites is 3. The van der Waals surface area contributed by atoms with Gasteiger partial charge in [0.2, 0.25) is 0 Å². The fourth-order valence-corrected chi connectivity index (χ4v) is 2.91. The number of hydrogen-bond acceptors (Lipinski definition) is 5. The number of nitrogens with zero attached hydrogens (tertiary/aromatic N) is 2. The Morgan fingerprint density at radius 2 is 1.92 bits per heavy atom. The zero-order valence-corrected chi connectivity index (χ0v) is 14.1. The average molecular weight is 351 g/mol. The van der Waals surface area contributed by atoms with Crippen LogP contribution in [0.5, 0.6) is 11.5 Å². The zero-order chi connectivity index (χ0) is 18.1. The summed E-state index contributed by atoms with van der Waals surface area (Å²) in [5.74, 6) is 0.976. The van der Waals surface area contributed by atoms with Gasteiger partial charge in [-0.1, -0.05) is 24.3 Å². The summed E-state index contributed by atoms with van der Waals surface area (Å²) in [5, 5.41) is 0.451. The number of amides is 1. The second-order valence-corrected chi connectivity index (χ2v) is 6.11. The van der Waals surface area contributed by atoms with Crippen LogP contribution in [0.1, 0.15) is 10.6 Å². The second kappa shape index (κ2) is 6.51. The molecule has 0 saturated heterocycles. The summed E-state index contributed by atoms with van der Waals surface area (Å²) in [6.07, 6.45) is -0.300. The first-order valence-electron chi connectivity index (χ1n) is 8.25. The van der Waals surface area contributed by atoms with Gasteiger partial charge in [-0.15, -0.1) is 0 Å². The van der Waals surface area contributed by atoms with E-state index in [-0.39, 0.29) is 23.4 Å². The third-order valence-corrected chi connectivity index (χ3v) is 4.21. The molecule has 0 fully saturated rings. The van der Waals surface area contributed by atoms with Crippen molar-refractivity contribution in [2.24, 2.45) is 0 Å². The van der Waals surface area contributed by atoms with E-state index in [4.69, 9.17) is 9.47 Å². The average Bonchev–Trinajstić information content (AvgIpc) is 2.67. The van der Waals surface area contributed by atoms with Crippen LogP contribution in [0.4, 0.5) is 0 Å². The number of H-pyrrole nitrogens is 1. The summed E-state index contributed by atoms with van der Waals surface area (Å²) in [6, 6.07) is 14.3. The van der Waals surface area contributed by atoms with Gasteiger partial charge in [0.1, 0.15) is 6.61 Å². The van der Waals surface area contributed by atoms with Crippen LogP contribution in [0.25, 0.3) is 10.9 Å². The van der Waals surface area contributed by atoms with E-state index in [1.54, 1.807) is 31.3 Å². The minimum Gasteiger partial charge on any atom is -0.486 e. The maximum atomic E-state index is 12.7. The van der Waals surface area contributed by atoms with Crippen LogP contribution < -0.4 is 15.0 Å². The number of aromatic nitrogens is 2. The van der Waals surface area contributed by atoms with E-state index in [1.165, 1.54) is 4.90 Å². The molecule has 1 aliphatic rings. The molecule has 0 spiro atoms. The van der Waals surface area contributed by atoms with Gasteiger partial charge in [-0.3, -0.25) is 9.59 Å². The van der Waals surface area contributed by atoms with Gasteiger partial charge in [-0.05, 0) is 24.3 Å². The molecule has 1 aliphatic heterocycles. The molecule has 3 aromatic rings. The highest BCUT2D eigenvalue weighted by atomic mass is 16.6. The molecule has 0 radical (unpaired) electrons. The van der Waals surface area contributed by atoms with Crippen LogP contribution in [0.2, 0.25) is 0 Å². The highest BCUT2D eigenvalue weighted by Gasteiger charge is 2.25. The van der Waals surface area contributed by atoms with Gasteiger partial charge in [0, 0.05) is 7.05 Å². The molecule has 0 saturated carbocycles. The molecule has 2 aromatic carbocycles. The SMILES string of the molecule is CN(CC1COc2ccccc2O1)C(=O)c1nc2ccccc2c(=O)[nH]1. The zero-order valence-electron chi connectivity index (χ0n) is 14.1. The van der Waals surface area contributed by atoms with E-state index >= 15 is 0 Å². The van der Waals surface area contributed by atoms with Gasteiger partial charge in [0.15, 0.2) is 23.4 Å². The fraction of sp³-hybridized carbons (Fsp3) is 0.211. The molecule has 0 bridgehead atoms. The van der Waals surface area contributed by atoms with Gasteiger partial charge in [-0.25, -0.2) is 4.98 Å². The van der Waals surface area contributed by atoms with Crippen molar-refractivity contribution >= 4 is 16.8 Å². The number of rotatable bonds is 3. The number of likely N-dealkylation sites (N-methyl/N-ethyl adjacent to an activating group) is 1. The van der Waals surface area contributed by atoms with Gasteiger partial charge < -0.3 is 19.4 Å². The van der Waals surface area contributed by atoms with Crippen molar-refractivity contribution in [1.29, 1.82) is 0 Å². The van der Waals surface area contributed by atoms with Gasteiger partial charge in [0.05, 0.1) is 17.4 Å². The lowest BCUT2D eigenvalue weighted by Crippen LogP contribution is -2.42. The number of ether oxygens (including phenoxy) is 2. The van der Waals surface area contributed by atoms with E-state index in [9.17, 15) is 9.59 Å². The second-order valence-electron chi connectivity index (χ2n) is 6.11. The minimum atomic E-state index is -0.379. The smallest absolute Gasteiger partial charge is 0.289 e. The standard InChI is InChI=1S/C19H17N3O4/c1-22(10-12-11-25-15-8-4-5-9-16(15)26-12)19(24)17-20-14-7-3-2-6-13(14)18(23)21-17/h2-9,12H,10-11H2,1H3,(H,20,21,23). The van der Waals surface area contributed by atoms with E-state index in [1.807, 2.05) is 24.3 Å². The first kappa shape index (κ1) is 16.1. The number of aromatic amines is 1. The Balaban J connectivity index is 1.51. The molecule has 1 aromatic heterocycles. The van der Waals surface area contributed by atoms with Gasteiger partial charge in [-0.2, -0.15) is 0 Å². The van der Waals surface area contributed by atoms with Crippen LogP contribution in [0.15, 0.2) is 53.3 Å². The summed E-state index contributed by atoms with van der Waals surface area (Å²) in [7, 11) is 1.64. The summed E-state index contributed by atoms with van der Waals surface area (Å²) in [6.45, 7) is 0.653. The molecule has 26 heavy (non-hydrogen) atoms. The Hall–Kier alpha value is -3.35. The lowest BCUT2D eigenvalue weighted by atomic mass is 10.2. The highest BCUT2D eigenvalue weighted by molar-refractivity contribution is 5.92. The van der Waals surface area contributed by atoms with Crippen LogP contribution in [0, 0.1) is 0 Å². The molecule has 7 nitrogen and oxygen atoms in total. The maximum Gasteiger partial charge on any atom is 0.289 e. The number of carbonyl (C=O) groups is 1. The van der Waals surface area contributed by atoms with Crippen molar-refractivity contribution < 1.29 is 14.3 Å². The monoisotopic (exact) mass is 351 g/mol. The van der Waals surface area contributed by atoms with E-state index in [0.29, 0.717) is 35.6 Å². The van der Waals surface area contributed by atoms with Crippen molar-refractivity contribution in [2.45, 2.75) is 6.10 Å². The summed E-state index contributed by atoms with van der Waals surface area (Å²) >= 11 is 0. The third-order valence-electron chi connectivity index (χ3n) is 4.21. The molecule has 1 unspecified atom stereocenters. The van der Waals surface area contributed by atoms with Gasteiger partial charge >= 0.3 is 0 Å². The Morgan fingerprint density at radius 3 is 2.77 bits per heavy atom. The van der Waals surface area contributed by atoms with Crippen LogP contribution in [0.3, 0.4) is 0 Å². The lowest BCUT2D eigenvalue weighted by molar-refractivity contribution is 0.0513. The number of nitrogens with one attached hydrogen (secondary N) is 1. The number of carbonyl (C=O) groups excluding carboxylic acids is 1. The summed E-state index contributed by atoms with van der Waals surface area (Å²) < 4.78 is 11.5. The molecule has 4 rings (SSSR count). The summed E-state index contributed by atoms with van der Waals surface area (Å²) in [4.78, 5) is 33.1. The fourth-order valence-electron chi connectivity index (χ4n) is 2.91. The van der Waals surface area contributed by atoms with Crippen LogP contribution in [-0.2, 0) is 0 Å². The van der Waals surface area contributed by atoms with Crippen molar-refractivity contribution in [2.75, 3.05) is 20.2 Å². The van der Waals surface area contributed by atoms with E-state index in [0.717, 1.165) is 0 Å². The first-order valence-corrected chi connectivity index (χ1v) is 8.25. The van der Waals surface area contributed by atoms with E-state index in [2.05, 4.69) is 9.97 Å². The predicted octanol–water partition coefficient (Wildman–Crippen LogP) is 1.84. The number of benzene rings is 2. The molecular formula is C19H17N3O4. The number of hydrogen-bond donors (Lipinski definition) is 1. The third kappa shape index (κ3) is 2.99. The van der Waals surface area contributed by atoms with Crippen LogP contribution >= 0.6 is 0 Å². The van der Waals surface area contributed by atoms with Crippen molar-refractivity contribution in [1.82, 2.24) is 14.9 Å². The molecule has 7 heteroatoms. The normalized spacial score (nSPS) is 15.7. The Kier molecular flexibility index (Phi) is 4.04. The topological polar surface area (TPSA) is 84.5 Å². The largest absolute Gasteiger partial charge is 0.486 e. The van der Waals surface area contributed by atoms with Gasteiger partial charge in [0.25, 0.3) is 11.5 Å². The Morgan fingerprint density at radius 1 is 1.19 bits per heavy atom. The molecule has 0 aliphatic carbocycles. The molecule has 1 N–H and O–H groups in total. The first-order chi connectivity index (χ1) is 12.6. The highest BCUT2D eigenvalue weighted by Crippen LogP contribution is 2.30. The number of fused-ring (bicyclic) bond motifs is 2. The minimum absolute atomic E-state index is 0.00771. The lowest BCUT2D eigenvalue weighted by Gasteiger charge is -2.29. The van der Waals surface area contributed by atoms with Crippen molar-refractivity contribution in [3.63, 3.8) is 0 Å². The molecule has 132 valence electrons. The Bertz CT molecular complexity index is 1030. The quantitative estimate of drug-likeness (QED) is 0.778. The molecular weight excluding hydrogens is 334 g/mol. The molecule has 1 atom stereocenters. The maximum absolute atomic E-state index is 12.7. The summed E-state index contributed by atoms with van der Waals surface area (Å²) in [5.41, 5.74) is 0.151. The Labute approximate surface area is 149 Å². The van der Waals surface area contributed by atoms with Crippen LogP contribution in [-0.4, -0.2) is 47.1 Å². The van der Waals surface area contributed by atoms with E-state index < -0.39 is 0 Å². The van der Waals surface area contributed by atoms with Crippen molar-refractivity contribution in [3.8, 4) is 11.5 Å². The van der Waals surface area contributed by atoms with Crippen molar-refractivity contribution in [3.05, 3.63) is 64.7 Å². The molecule has 1 amide bonds.